The van der Waals surface area contributed by atoms with E-state index in [0.717, 1.165) is 49.8 Å². The molecule has 1 saturated heterocycles. The molecule has 1 aromatic heterocycles. The van der Waals surface area contributed by atoms with Gasteiger partial charge in [-0.1, -0.05) is 13.8 Å². The van der Waals surface area contributed by atoms with Gasteiger partial charge in [0.05, 0.1) is 16.0 Å². The molecule has 0 bridgehead atoms. The van der Waals surface area contributed by atoms with Crippen LogP contribution in [0.2, 0.25) is 0 Å². The van der Waals surface area contributed by atoms with Gasteiger partial charge in [0.1, 0.15) is 0 Å². The molecular formula is C28H37N3O5S. The van der Waals surface area contributed by atoms with Crippen LogP contribution in [0.5, 0.6) is 0 Å². The van der Waals surface area contributed by atoms with Gasteiger partial charge in [-0.05, 0) is 93.4 Å². The predicted molar refractivity (Wildman–Crippen MR) is 141 cm³/mol. The Balaban J connectivity index is 1.33. The highest BCUT2D eigenvalue weighted by Gasteiger charge is 2.34. The van der Waals surface area contributed by atoms with Crippen molar-refractivity contribution in [3.63, 3.8) is 0 Å². The minimum Gasteiger partial charge on any atom is -0.478 e. The second kappa shape index (κ2) is 10.3. The third kappa shape index (κ3) is 5.25. The van der Waals surface area contributed by atoms with Crippen LogP contribution in [-0.2, 0) is 27.7 Å². The lowest BCUT2D eigenvalue weighted by molar-refractivity contribution is -0.127. The standard InChI is InChI=1S/C28H37N3O5S/c1-17-3-6-20(7-4-17)29-27(32)19-11-13-31(14-12-19)37(35,36)21-8-10-25-23(16-21)26(28(33)34)22-15-18(2)5-9-24(22)30-25/h8,10,16-20H,3-7,9,11-15H2,1-2H3,(H,29,32)(H,33,34)/t17?,18-,20?/m0/s1. The van der Waals surface area contributed by atoms with Crippen LogP contribution in [0.1, 0.15) is 80.4 Å². The van der Waals surface area contributed by atoms with Gasteiger partial charge < -0.3 is 10.4 Å². The molecule has 8 nitrogen and oxygen atoms in total. The first-order valence-corrected chi connectivity index (χ1v) is 15.1. The fraction of sp³-hybridized carbons (Fsp3) is 0.607. The van der Waals surface area contributed by atoms with Crippen LogP contribution in [0.3, 0.4) is 0 Å². The van der Waals surface area contributed by atoms with E-state index in [4.69, 9.17) is 4.98 Å². The Kier molecular flexibility index (Phi) is 7.29. The molecule has 5 rings (SSSR count). The van der Waals surface area contributed by atoms with Crippen molar-refractivity contribution in [1.82, 2.24) is 14.6 Å². The SMILES string of the molecule is CC1CCC(NC(=O)C2CCN(S(=O)(=O)c3ccc4nc5c(c(C(=O)O)c4c3)C[C@@H](C)CC5)CC2)CC1. The Hall–Kier alpha value is -2.52. The van der Waals surface area contributed by atoms with E-state index >= 15 is 0 Å². The average molecular weight is 528 g/mol. The van der Waals surface area contributed by atoms with Crippen LogP contribution in [0.4, 0.5) is 0 Å². The number of carbonyl (C=O) groups is 2. The smallest absolute Gasteiger partial charge is 0.336 e. The van der Waals surface area contributed by atoms with Gasteiger partial charge in [-0.25, -0.2) is 13.2 Å². The maximum atomic E-state index is 13.5. The molecule has 1 atom stereocenters. The van der Waals surface area contributed by atoms with Gasteiger partial charge in [-0.2, -0.15) is 4.31 Å². The number of fused-ring (bicyclic) bond motifs is 2. The normalized spacial score (nSPS) is 25.5. The molecule has 2 N–H and O–H groups in total. The summed E-state index contributed by atoms with van der Waals surface area (Å²) in [5.74, 6) is -0.117. The Bertz CT molecular complexity index is 1310. The van der Waals surface area contributed by atoms with Crippen LogP contribution in [0, 0.1) is 17.8 Å². The Morgan fingerprint density at radius 2 is 1.70 bits per heavy atom. The quantitative estimate of drug-likeness (QED) is 0.603. The number of amides is 1. The van der Waals surface area contributed by atoms with E-state index in [1.807, 2.05) is 0 Å². The van der Waals surface area contributed by atoms with Gasteiger partial charge in [0.25, 0.3) is 0 Å². The molecule has 1 aromatic carbocycles. The zero-order chi connectivity index (χ0) is 26.3. The van der Waals surface area contributed by atoms with E-state index in [-0.39, 0.29) is 41.4 Å². The molecular weight excluding hydrogens is 490 g/mol. The number of carbonyl (C=O) groups excluding carboxylic acids is 1. The molecule has 2 aliphatic carbocycles. The third-order valence-electron chi connectivity index (χ3n) is 8.61. The van der Waals surface area contributed by atoms with Crippen molar-refractivity contribution in [2.45, 2.75) is 82.6 Å². The summed E-state index contributed by atoms with van der Waals surface area (Å²) in [6, 6.07) is 4.85. The van der Waals surface area contributed by atoms with Crippen molar-refractivity contribution in [2.75, 3.05) is 13.1 Å². The van der Waals surface area contributed by atoms with Gasteiger partial charge in [0.2, 0.25) is 15.9 Å². The second-order valence-corrected chi connectivity index (χ2v) is 13.3. The number of nitrogens with one attached hydrogen (secondary N) is 1. The molecule has 3 aliphatic rings. The van der Waals surface area contributed by atoms with Crippen LogP contribution >= 0.6 is 0 Å². The third-order valence-corrected chi connectivity index (χ3v) is 10.5. The molecule has 0 spiro atoms. The summed E-state index contributed by atoms with van der Waals surface area (Å²) in [6.45, 7) is 4.88. The fourth-order valence-corrected chi connectivity index (χ4v) is 7.72. The van der Waals surface area contributed by atoms with Crippen molar-refractivity contribution >= 4 is 32.8 Å². The summed E-state index contributed by atoms with van der Waals surface area (Å²) < 4.78 is 28.5. The molecule has 200 valence electrons. The molecule has 1 aliphatic heterocycles. The molecule has 1 saturated carbocycles. The van der Waals surface area contributed by atoms with Crippen molar-refractivity contribution < 1.29 is 23.1 Å². The number of rotatable bonds is 5. The molecule has 2 fully saturated rings. The first-order valence-electron chi connectivity index (χ1n) is 13.6. The van der Waals surface area contributed by atoms with Crippen LogP contribution in [0.25, 0.3) is 10.9 Å². The molecule has 9 heteroatoms. The maximum Gasteiger partial charge on any atom is 0.336 e. The number of aromatic carboxylic acids is 1. The predicted octanol–water partition coefficient (Wildman–Crippen LogP) is 4.15. The van der Waals surface area contributed by atoms with Crippen LogP contribution in [-0.4, -0.2) is 53.8 Å². The Morgan fingerprint density at radius 3 is 2.38 bits per heavy atom. The van der Waals surface area contributed by atoms with Gasteiger partial charge in [0.15, 0.2) is 0 Å². The maximum absolute atomic E-state index is 13.5. The average Bonchev–Trinajstić information content (AvgIpc) is 2.88. The summed E-state index contributed by atoms with van der Waals surface area (Å²) in [4.78, 5) is 29.9. The van der Waals surface area contributed by atoms with E-state index in [1.54, 1.807) is 6.07 Å². The molecule has 0 unspecified atom stereocenters. The second-order valence-electron chi connectivity index (χ2n) is 11.4. The summed E-state index contributed by atoms with van der Waals surface area (Å²) in [6.07, 6.45) is 7.58. The van der Waals surface area contributed by atoms with E-state index in [0.29, 0.717) is 42.0 Å². The zero-order valence-corrected chi connectivity index (χ0v) is 22.5. The molecule has 2 aromatic rings. The number of hydrogen-bond donors (Lipinski definition) is 2. The largest absolute Gasteiger partial charge is 0.478 e. The van der Waals surface area contributed by atoms with Crippen molar-refractivity contribution in [2.24, 2.45) is 17.8 Å². The molecule has 1 amide bonds. The highest BCUT2D eigenvalue weighted by atomic mass is 32.2. The monoisotopic (exact) mass is 527 g/mol. The number of aryl methyl sites for hydroxylation is 1. The van der Waals surface area contributed by atoms with Crippen LogP contribution in [0.15, 0.2) is 23.1 Å². The minimum atomic E-state index is -3.83. The summed E-state index contributed by atoms with van der Waals surface area (Å²) in [5, 5.41) is 13.6. The van der Waals surface area contributed by atoms with Gasteiger partial charge in [-0.3, -0.25) is 9.78 Å². The topological polar surface area (TPSA) is 117 Å². The van der Waals surface area contributed by atoms with E-state index in [9.17, 15) is 23.1 Å². The highest BCUT2D eigenvalue weighted by molar-refractivity contribution is 7.89. The number of pyridine rings is 1. The number of hydrogen-bond acceptors (Lipinski definition) is 5. The number of carboxylic acid groups (broad SMARTS) is 1. The van der Waals surface area contributed by atoms with E-state index in [1.165, 1.54) is 16.4 Å². The lowest BCUT2D eigenvalue weighted by atomic mass is 9.84. The van der Waals surface area contributed by atoms with Crippen LogP contribution < -0.4 is 5.32 Å². The number of benzene rings is 1. The minimum absolute atomic E-state index is 0.0403. The van der Waals surface area contributed by atoms with Crippen molar-refractivity contribution in [3.05, 3.63) is 35.0 Å². The number of carboxylic acids is 1. The summed E-state index contributed by atoms with van der Waals surface area (Å²) in [5.41, 5.74) is 2.22. The van der Waals surface area contributed by atoms with Crippen molar-refractivity contribution in [1.29, 1.82) is 0 Å². The summed E-state index contributed by atoms with van der Waals surface area (Å²) >= 11 is 0. The molecule has 2 heterocycles. The first-order chi connectivity index (χ1) is 17.6. The Morgan fingerprint density at radius 1 is 1.00 bits per heavy atom. The molecule has 37 heavy (non-hydrogen) atoms. The number of piperidine rings is 1. The lowest BCUT2D eigenvalue weighted by Gasteiger charge is -2.33. The van der Waals surface area contributed by atoms with E-state index < -0.39 is 16.0 Å². The first kappa shape index (κ1) is 26.1. The zero-order valence-electron chi connectivity index (χ0n) is 21.7. The van der Waals surface area contributed by atoms with Gasteiger partial charge in [0, 0.05) is 36.1 Å². The van der Waals surface area contributed by atoms with Gasteiger partial charge in [-0.15, -0.1) is 0 Å². The number of nitrogens with zero attached hydrogens (tertiary/aromatic N) is 2. The van der Waals surface area contributed by atoms with Crippen molar-refractivity contribution in [3.8, 4) is 0 Å². The van der Waals surface area contributed by atoms with E-state index in [2.05, 4.69) is 19.2 Å². The summed E-state index contributed by atoms with van der Waals surface area (Å²) in [7, 11) is -3.83. The number of sulfonamides is 1. The Labute approximate surface area is 218 Å². The fourth-order valence-electron chi connectivity index (χ4n) is 6.23. The highest BCUT2D eigenvalue weighted by Crippen LogP contribution is 2.34. The molecule has 0 radical (unpaired) electrons. The lowest BCUT2D eigenvalue weighted by Crippen LogP contribution is -2.46. The van der Waals surface area contributed by atoms with Gasteiger partial charge >= 0.3 is 5.97 Å². The number of aromatic nitrogens is 1.